The first kappa shape index (κ1) is 15.6. The molecule has 0 atom stereocenters. The van der Waals surface area contributed by atoms with Crippen molar-refractivity contribution in [1.82, 2.24) is 0 Å². The second-order valence-electron chi connectivity index (χ2n) is 6.89. The zero-order valence-corrected chi connectivity index (χ0v) is 14.8. The molecular weight excluding hydrogens is 304 g/mol. The zero-order valence-electron chi connectivity index (χ0n) is 14.8. The lowest BCUT2D eigenvalue weighted by molar-refractivity contribution is 0.103. The Bertz CT molecular complexity index is 1140. The Hall–Kier alpha value is -2.93. The molecule has 0 aliphatic carbocycles. The average molecular weight is 324 g/mol. The van der Waals surface area contributed by atoms with Crippen LogP contribution in [0.25, 0.3) is 21.5 Å². The van der Waals surface area contributed by atoms with Gasteiger partial charge in [-0.2, -0.15) is 0 Å². The van der Waals surface area contributed by atoms with E-state index in [4.69, 9.17) is 0 Å². The fourth-order valence-electron chi connectivity index (χ4n) is 3.34. The van der Waals surface area contributed by atoms with Crippen molar-refractivity contribution in [2.75, 3.05) is 0 Å². The molecule has 0 aliphatic heterocycles. The third kappa shape index (κ3) is 2.83. The summed E-state index contributed by atoms with van der Waals surface area (Å²) in [6.07, 6.45) is 0. The van der Waals surface area contributed by atoms with Crippen LogP contribution < -0.4 is 0 Å². The number of aryl methyl sites for hydroxylation is 3. The van der Waals surface area contributed by atoms with Crippen LogP contribution in [0.2, 0.25) is 0 Å². The highest BCUT2D eigenvalue weighted by atomic mass is 16.1. The van der Waals surface area contributed by atoms with Gasteiger partial charge >= 0.3 is 0 Å². The van der Waals surface area contributed by atoms with Crippen molar-refractivity contribution < 1.29 is 4.79 Å². The van der Waals surface area contributed by atoms with Gasteiger partial charge in [0.05, 0.1) is 0 Å². The van der Waals surface area contributed by atoms with Gasteiger partial charge in [-0.25, -0.2) is 0 Å². The van der Waals surface area contributed by atoms with Crippen LogP contribution in [-0.4, -0.2) is 5.78 Å². The molecule has 4 aromatic carbocycles. The summed E-state index contributed by atoms with van der Waals surface area (Å²) in [7, 11) is 0. The molecule has 0 fully saturated rings. The van der Waals surface area contributed by atoms with E-state index < -0.39 is 0 Å². The molecule has 0 aromatic heterocycles. The summed E-state index contributed by atoms with van der Waals surface area (Å²) in [6, 6.07) is 22.6. The van der Waals surface area contributed by atoms with Crippen molar-refractivity contribution in [2.24, 2.45) is 0 Å². The molecule has 1 nitrogen and oxygen atoms in total. The molecule has 0 aliphatic rings. The number of ketones is 1. The highest BCUT2D eigenvalue weighted by molar-refractivity contribution is 6.12. The lowest BCUT2D eigenvalue weighted by Crippen LogP contribution is -2.01. The third-order valence-corrected chi connectivity index (χ3v) is 4.97. The predicted octanol–water partition coefficient (Wildman–Crippen LogP) is 6.15. The molecule has 0 bridgehead atoms. The van der Waals surface area contributed by atoms with Crippen LogP contribution in [0, 0.1) is 20.8 Å². The van der Waals surface area contributed by atoms with Crippen LogP contribution in [0.15, 0.2) is 66.7 Å². The van der Waals surface area contributed by atoms with Gasteiger partial charge < -0.3 is 0 Å². The van der Waals surface area contributed by atoms with Crippen molar-refractivity contribution in [2.45, 2.75) is 20.8 Å². The third-order valence-electron chi connectivity index (χ3n) is 4.97. The smallest absolute Gasteiger partial charge is 0.193 e. The van der Waals surface area contributed by atoms with E-state index in [1.165, 1.54) is 27.5 Å². The SMILES string of the molecule is Cc1ccc2cc(C(=O)c3ccc4cc(C)c(C)cc4c3)ccc2c1. The minimum absolute atomic E-state index is 0.0719. The minimum atomic E-state index is 0.0719. The van der Waals surface area contributed by atoms with Gasteiger partial charge in [-0.1, -0.05) is 60.2 Å². The Morgan fingerprint density at radius 1 is 0.560 bits per heavy atom. The number of benzene rings is 4. The van der Waals surface area contributed by atoms with Crippen LogP contribution in [0.1, 0.15) is 32.6 Å². The topological polar surface area (TPSA) is 17.1 Å². The number of hydrogen-bond acceptors (Lipinski definition) is 1. The molecule has 0 saturated heterocycles. The van der Waals surface area contributed by atoms with E-state index >= 15 is 0 Å². The second-order valence-corrected chi connectivity index (χ2v) is 6.89. The normalized spacial score (nSPS) is 11.2. The number of hydrogen-bond donors (Lipinski definition) is 0. The summed E-state index contributed by atoms with van der Waals surface area (Å²) in [5, 5.41) is 4.56. The van der Waals surface area contributed by atoms with E-state index in [2.05, 4.69) is 51.1 Å². The van der Waals surface area contributed by atoms with Gasteiger partial charge in [-0.15, -0.1) is 0 Å². The van der Waals surface area contributed by atoms with E-state index in [9.17, 15) is 4.79 Å². The summed E-state index contributed by atoms with van der Waals surface area (Å²) in [6.45, 7) is 6.30. The number of carbonyl (C=O) groups excluding carboxylic acids is 1. The van der Waals surface area contributed by atoms with Crippen LogP contribution in [0.4, 0.5) is 0 Å². The molecule has 122 valence electrons. The van der Waals surface area contributed by atoms with Crippen LogP contribution in [0.5, 0.6) is 0 Å². The first-order chi connectivity index (χ1) is 12.0. The molecule has 1 heteroatoms. The average Bonchev–Trinajstić information content (AvgIpc) is 2.61. The van der Waals surface area contributed by atoms with Crippen LogP contribution in [-0.2, 0) is 0 Å². The predicted molar refractivity (Wildman–Crippen MR) is 106 cm³/mol. The number of carbonyl (C=O) groups is 1. The fraction of sp³-hybridized carbons (Fsp3) is 0.125. The molecule has 0 unspecified atom stereocenters. The monoisotopic (exact) mass is 324 g/mol. The van der Waals surface area contributed by atoms with E-state index in [0.29, 0.717) is 0 Å². The van der Waals surface area contributed by atoms with Gasteiger partial charge in [-0.05, 0) is 65.6 Å². The maximum atomic E-state index is 13.0. The largest absolute Gasteiger partial charge is 0.289 e. The molecule has 25 heavy (non-hydrogen) atoms. The lowest BCUT2D eigenvalue weighted by atomic mass is 9.96. The molecule has 4 aromatic rings. The Labute approximate surface area is 147 Å². The van der Waals surface area contributed by atoms with Crippen molar-refractivity contribution in [3.05, 3.63) is 94.5 Å². The summed E-state index contributed by atoms with van der Waals surface area (Å²) >= 11 is 0. The van der Waals surface area contributed by atoms with Gasteiger partial charge in [0, 0.05) is 11.1 Å². The van der Waals surface area contributed by atoms with Gasteiger partial charge in [0.1, 0.15) is 0 Å². The first-order valence-corrected chi connectivity index (χ1v) is 8.57. The minimum Gasteiger partial charge on any atom is -0.289 e. The molecule has 0 radical (unpaired) electrons. The molecule has 4 rings (SSSR count). The summed E-state index contributed by atoms with van der Waals surface area (Å²) in [5.74, 6) is 0.0719. The van der Waals surface area contributed by atoms with Crippen LogP contribution >= 0.6 is 0 Å². The number of rotatable bonds is 2. The molecule has 0 heterocycles. The first-order valence-electron chi connectivity index (χ1n) is 8.57. The Balaban J connectivity index is 1.78. The quantitative estimate of drug-likeness (QED) is 0.404. The van der Waals surface area contributed by atoms with Gasteiger partial charge in [-0.3, -0.25) is 4.79 Å². The zero-order chi connectivity index (χ0) is 17.6. The van der Waals surface area contributed by atoms with E-state index in [1.807, 2.05) is 36.4 Å². The van der Waals surface area contributed by atoms with Gasteiger partial charge in [0.15, 0.2) is 5.78 Å². The van der Waals surface area contributed by atoms with E-state index in [1.54, 1.807) is 0 Å². The summed E-state index contributed by atoms with van der Waals surface area (Å²) < 4.78 is 0. The Morgan fingerprint density at radius 3 is 1.72 bits per heavy atom. The lowest BCUT2D eigenvalue weighted by Gasteiger charge is -2.08. The summed E-state index contributed by atoms with van der Waals surface area (Å²) in [5.41, 5.74) is 5.23. The van der Waals surface area contributed by atoms with Gasteiger partial charge in [0.2, 0.25) is 0 Å². The molecule has 0 amide bonds. The Kier molecular flexibility index (Phi) is 3.65. The van der Waals surface area contributed by atoms with Crippen molar-refractivity contribution in [3.63, 3.8) is 0 Å². The van der Waals surface area contributed by atoms with Crippen LogP contribution in [0.3, 0.4) is 0 Å². The summed E-state index contributed by atoms with van der Waals surface area (Å²) in [4.78, 5) is 13.0. The van der Waals surface area contributed by atoms with Crippen molar-refractivity contribution in [3.8, 4) is 0 Å². The van der Waals surface area contributed by atoms with E-state index in [0.717, 1.165) is 21.9 Å². The molecular formula is C24H20O. The molecule has 0 spiro atoms. The molecule has 0 saturated carbocycles. The Morgan fingerprint density at radius 2 is 1.04 bits per heavy atom. The maximum absolute atomic E-state index is 13.0. The highest BCUT2D eigenvalue weighted by Gasteiger charge is 2.11. The van der Waals surface area contributed by atoms with Crippen molar-refractivity contribution in [1.29, 1.82) is 0 Å². The second kappa shape index (κ2) is 5.86. The number of fused-ring (bicyclic) bond motifs is 2. The highest BCUT2D eigenvalue weighted by Crippen LogP contribution is 2.24. The van der Waals surface area contributed by atoms with Gasteiger partial charge in [0.25, 0.3) is 0 Å². The maximum Gasteiger partial charge on any atom is 0.193 e. The standard InChI is InChI=1S/C24H20O/c1-15-4-5-20-13-21(8-6-18(20)10-15)24(25)22-9-7-19-11-16(2)17(3)12-23(19)14-22/h4-14H,1-3H3. The molecule has 0 N–H and O–H groups in total. The fourth-order valence-corrected chi connectivity index (χ4v) is 3.34. The van der Waals surface area contributed by atoms with E-state index in [-0.39, 0.29) is 5.78 Å². The van der Waals surface area contributed by atoms with Crippen molar-refractivity contribution >= 4 is 27.3 Å².